The Morgan fingerprint density at radius 1 is 1.04 bits per heavy atom. The van der Waals surface area contributed by atoms with Gasteiger partial charge in [0.1, 0.15) is 0 Å². The van der Waals surface area contributed by atoms with E-state index in [-0.39, 0.29) is 5.91 Å². The van der Waals surface area contributed by atoms with Crippen molar-refractivity contribution in [2.45, 2.75) is 31.8 Å². The first-order chi connectivity index (χ1) is 11.2. The summed E-state index contributed by atoms with van der Waals surface area (Å²) in [5.74, 6) is 0.191. The first-order valence-corrected chi connectivity index (χ1v) is 8.63. The van der Waals surface area contributed by atoms with Crippen molar-refractivity contribution < 1.29 is 9.90 Å². The lowest BCUT2D eigenvalue weighted by atomic mass is 10.0. The van der Waals surface area contributed by atoms with Gasteiger partial charge in [0, 0.05) is 39.1 Å². The van der Waals surface area contributed by atoms with Crippen LogP contribution in [0.3, 0.4) is 0 Å². The molecule has 1 N–H and O–H groups in total. The lowest BCUT2D eigenvalue weighted by Gasteiger charge is -2.31. The Bertz CT molecular complexity index is 546. The summed E-state index contributed by atoms with van der Waals surface area (Å²) < 4.78 is 0. The fourth-order valence-electron chi connectivity index (χ4n) is 3.46. The van der Waals surface area contributed by atoms with Gasteiger partial charge in [-0.25, -0.2) is 0 Å². The Kier molecular flexibility index (Phi) is 5.47. The Labute approximate surface area is 138 Å². The number of rotatable bonds is 5. The molecule has 4 heteroatoms. The minimum Gasteiger partial charge on any atom is -0.390 e. The molecule has 1 amide bonds. The maximum atomic E-state index is 11.6. The van der Waals surface area contributed by atoms with Crippen LogP contribution in [0.1, 0.15) is 31.2 Å². The largest absolute Gasteiger partial charge is 0.390 e. The van der Waals surface area contributed by atoms with E-state index in [0.29, 0.717) is 19.5 Å². The summed E-state index contributed by atoms with van der Waals surface area (Å²) in [7, 11) is 0. The van der Waals surface area contributed by atoms with Gasteiger partial charge in [-0.1, -0.05) is 42.0 Å². The molecule has 23 heavy (non-hydrogen) atoms. The van der Waals surface area contributed by atoms with Crippen LogP contribution in [-0.2, 0) is 4.79 Å². The number of aliphatic hydroxyl groups is 1. The standard InChI is InChI=1S/C19H26N2O2/c22-18(15-21-10-4-7-19(21)23)14-20-11-8-17(9-12-20)13-16-5-2-1-3-6-16/h1-3,5-6,13,18,22H,4,7-12,14-15H2. The lowest BCUT2D eigenvalue weighted by molar-refractivity contribution is -0.129. The molecule has 2 heterocycles. The van der Waals surface area contributed by atoms with Crippen molar-refractivity contribution in [1.29, 1.82) is 0 Å². The first-order valence-electron chi connectivity index (χ1n) is 8.63. The molecular weight excluding hydrogens is 288 g/mol. The molecule has 0 radical (unpaired) electrons. The fourth-order valence-corrected chi connectivity index (χ4v) is 3.46. The van der Waals surface area contributed by atoms with Gasteiger partial charge in [0.2, 0.25) is 5.91 Å². The number of nitrogens with zero attached hydrogens (tertiary/aromatic N) is 2. The van der Waals surface area contributed by atoms with Gasteiger partial charge in [0.05, 0.1) is 6.10 Å². The van der Waals surface area contributed by atoms with Crippen LogP contribution in [0.15, 0.2) is 35.9 Å². The second-order valence-electron chi connectivity index (χ2n) is 6.61. The molecule has 124 valence electrons. The van der Waals surface area contributed by atoms with E-state index in [1.54, 1.807) is 4.90 Å². The second-order valence-corrected chi connectivity index (χ2v) is 6.61. The monoisotopic (exact) mass is 314 g/mol. The highest BCUT2D eigenvalue weighted by molar-refractivity contribution is 5.78. The number of piperidine rings is 1. The Hall–Kier alpha value is -1.65. The average Bonchev–Trinajstić information content (AvgIpc) is 2.95. The number of hydrogen-bond acceptors (Lipinski definition) is 3. The zero-order chi connectivity index (χ0) is 16.1. The highest BCUT2D eigenvalue weighted by Gasteiger charge is 2.24. The summed E-state index contributed by atoms with van der Waals surface area (Å²) >= 11 is 0. The summed E-state index contributed by atoms with van der Waals surface area (Å²) in [6.45, 7) is 3.94. The highest BCUT2D eigenvalue weighted by atomic mass is 16.3. The molecule has 1 aromatic rings. The third-order valence-electron chi connectivity index (χ3n) is 4.74. The predicted octanol–water partition coefficient (Wildman–Crippen LogP) is 2.15. The fraction of sp³-hybridized carbons (Fsp3) is 0.526. The van der Waals surface area contributed by atoms with Gasteiger partial charge >= 0.3 is 0 Å². The summed E-state index contributed by atoms with van der Waals surface area (Å²) in [5, 5.41) is 10.2. The van der Waals surface area contributed by atoms with Crippen molar-refractivity contribution in [3.63, 3.8) is 0 Å². The molecule has 1 aromatic carbocycles. The van der Waals surface area contributed by atoms with E-state index >= 15 is 0 Å². The number of hydrogen-bond donors (Lipinski definition) is 1. The van der Waals surface area contributed by atoms with Crippen LogP contribution in [-0.4, -0.2) is 59.6 Å². The van der Waals surface area contributed by atoms with E-state index in [1.165, 1.54) is 11.1 Å². The maximum Gasteiger partial charge on any atom is 0.222 e. The predicted molar refractivity (Wildman–Crippen MR) is 91.9 cm³/mol. The van der Waals surface area contributed by atoms with Gasteiger partial charge in [0.25, 0.3) is 0 Å². The third-order valence-corrected chi connectivity index (χ3v) is 4.74. The molecule has 2 aliphatic heterocycles. The molecule has 0 aliphatic carbocycles. The highest BCUT2D eigenvalue weighted by Crippen LogP contribution is 2.20. The van der Waals surface area contributed by atoms with Crippen LogP contribution < -0.4 is 0 Å². The Morgan fingerprint density at radius 3 is 2.43 bits per heavy atom. The average molecular weight is 314 g/mol. The second kappa shape index (κ2) is 7.75. The molecule has 1 atom stereocenters. The molecule has 0 bridgehead atoms. The number of likely N-dealkylation sites (tertiary alicyclic amines) is 2. The zero-order valence-corrected chi connectivity index (χ0v) is 13.7. The van der Waals surface area contributed by atoms with Crippen molar-refractivity contribution in [2.75, 3.05) is 32.7 Å². The molecule has 1 unspecified atom stereocenters. The van der Waals surface area contributed by atoms with E-state index < -0.39 is 6.10 Å². The van der Waals surface area contributed by atoms with Crippen molar-refractivity contribution >= 4 is 12.0 Å². The minimum atomic E-state index is -0.434. The lowest BCUT2D eigenvalue weighted by Crippen LogP contribution is -2.42. The molecule has 3 rings (SSSR count). The quantitative estimate of drug-likeness (QED) is 0.906. The summed E-state index contributed by atoms with van der Waals surface area (Å²) in [4.78, 5) is 15.7. The van der Waals surface area contributed by atoms with E-state index in [9.17, 15) is 9.90 Å². The summed E-state index contributed by atoms with van der Waals surface area (Å²) in [6.07, 6.45) is 5.55. The van der Waals surface area contributed by atoms with Crippen LogP contribution in [0.2, 0.25) is 0 Å². The SMILES string of the molecule is O=C1CCCN1CC(O)CN1CCC(=Cc2ccccc2)CC1. The number of amides is 1. The van der Waals surface area contributed by atoms with Crippen LogP contribution in [0.5, 0.6) is 0 Å². The van der Waals surface area contributed by atoms with E-state index in [2.05, 4.69) is 35.2 Å². The third kappa shape index (κ3) is 4.66. The molecule has 0 aromatic heterocycles. The Morgan fingerprint density at radius 2 is 1.78 bits per heavy atom. The molecular formula is C19H26N2O2. The van der Waals surface area contributed by atoms with Crippen molar-refractivity contribution in [3.05, 3.63) is 41.5 Å². The molecule has 0 saturated carbocycles. The summed E-state index contributed by atoms with van der Waals surface area (Å²) in [5.41, 5.74) is 2.75. The number of benzene rings is 1. The van der Waals surface area contributed by atoms with Crippen molar-refractivity contribution in [2.24, 2.45) is 0 Å². The van der Waals surface area contributed by atoms with Gasteiger partial charge in [-0.3, -0.25) is 4.79 Å². The number of β-amino-alcohol motifs (C(OH)–C–C–N with tert-alkyl or cyclic N) is 1. The molecule has 2 saturated heterocycles. The summed E-state index contributed by atoms with van der Waals surface area (Å²) in [6, 6.07) is 10.4. The number of aliphatic hydroxyl groups excluding tert-OH is 1. The molecule has 0 spiro atoms. The first kappa shape index (κ1) is 16.2. The van der Waals surface area contributed by atoms with Gasteiger partial charge in [-0.2, -0.15) is 0 Å². The normalized spacial score (nSPS) is 20.8. The smallest absolute Gasteiger partial charge is 0.222 e. The van der Waals surface area contributed by atoms with Crippen LogP contribution in [0, 0.1) is 0 Å². The van der Waals surface area contributed by atoms with Gasteiger partial charge in [-0.15, -0.1) is 0 Å². The molecule has 2 aliphatic rings. The number of carbonyl (C=O) groups excluding carboxylic acids is 1. The van der Waals surface area contributed by atoms with Crippen LogP contribution in [0.25, 0.3) is 6.08 Å². The van der Waals surface area contributed by atoms with Crippen LogP contribution >= 0.6 is 0 Å². The van der Waals surface area contributed by atoms with Gasteiger partial charge < -0.3 is 14.9 Å². The number of carbonyl (C=O) groups is 1. The van der Waals surface area contributed by atoms with Crippen molar-refractivity contribution in [3.8, 4) is 0 Å². The van der Waals surface area contributed by atoms with Crippen LogP contribution in [0.4, 0.5) is 0 Å². The van der Waals surface area contributed by atoms with E-state index in [4.69, 9.17) is 0 Å². The van der Waals surface area contributed by atoms with E-state index in [0.717, 1.165) is 38.9 Å². The minimum absolute atomic E-state index is 0.191. The van der Waals surface area contributed by atoms with Gasteiger partial charge in [-0.05, 0) is 24.8 Å². The Balaban J connectivity index is 1.44. The topological polar surface area (TPSA) is 43.8 Å². The van der Waals surface area contributed by atoms with Crippen molar-refractivity contribution in [1.82, 2.24) is 9.80 Å². The van der Waals surface area contributed by atoms with Gasteiger partial charge in [0.15, 0.2) is 0 Å². The maximum absolute atomic E-state index is 11.6. The molecule has 2 fully saturated rings. The van der Waals surface area contributed by atoms with E-state index in [1.807, 2.05) is 6.07 Å². The molecule has 4 nitrogen and oxygen atoms in total. The zero-order valence-electron chi connectivity index (χ0n) is 13.7.